The Morgan fingerprint density at radius 3 is 2.57 bits per heavy atom. The summed E-state index contributed by atoms with van der Waals surface area (Å²) in [4.78, 5) is 23.4. The summed E-state index contributed by atoms with van der Waals surface area (Å²) in [6.07, 6.45) is 4.04. The molecule has 0 aliphatic heterocycles. The van der Waals surface area contributed by atoms with E-state index in [0.29, 0.717) is 25.3 Å². The van der Waals surface area contributed by atoms with E-state index < -0.39 is 0 Å². The van der Waals surface area contributed by atoms with E-state index in [1.807, 2.05) is 24.3 Å². The van der Waals surface area contributed by atoms with E-state index in [1.54, 1.807) is 0 Å². The summed E-state index contributed by atoms with van der Waals surface area (Å²) in [6, 6.07) is 7.59. The molecule has 0 saturated heterocycles. The predicted molar refractivity (Wildman–Crippen MR) is 92.5 cm³/mol. The fraction of sp³-hybridized carbons (Fsp3) is 0.529. The van der Waals surface area contributed by atoms with E-state index >= 15 is 0 Å². The van der Waals surface area contributed by atoms with Gasteiger partial charge in [-0.15, -0.1) is 12.4 Å². The molecular weight excluding hydrogens is 316 g/mol. The van der Waals surface area contributed by atoms with Gasteiger partial charge in [-0.25, -0.2) is 0 Å². The molecule has 128 valence electrons. The molecule has 0 heterocycles. The van der Waals surface area contributed by atoms with Crippen LogP contribution in [0.5, 0.6) is 0 Å². The largest absolute Gasteiger partial charge is 0.469 e. The molecular formula is C17H25ClN2O3. The van der Waals surface area contributed by atoms with Crippen molar-refractivity contribution in [1.29, 1.82) is 0 Å². The van der Waals surface area contributed by atoms with Crippen LogP contribution in [0.1, 0.15) is 31.2 Å². The van der Waals surface area contributed by atoms with E-state index in [0.717, 1.165) is 30.5 Å². The van der Waals surface area contributed by atoms with Crippen molar-refractivity contribution in [1.82, 2.24) is 0 Å². The van der Waals surface area contributed by atoms with Crippen molar-refractivity contribution < 1.29 is 14.3 Å². The molecule has 1 aromatic carbocycles. The molecule has 6 heteroatoms. The molecule has 2 atom stereocenters. The molecule has 2 rings (SSSR count). The van der Waals surface area contributed by atoms with Crippen LogP contribution in [0.4, 0.5) is 5.69 Å². The topological polar surface area (TPSA) is 81.4 Å². The van der Waals surface area contributed by atoms with Gasteiger partial charge < -0.3 is 15.8 Å². The summed E-state index contributed by atoms with van der Waals surface area (Å²) in [5, 5.41) is 2.97. The number of carbonyl (C=O) groups is 2. The number of rotatable bonds is 6. The number of halogens is 1. The average molecular weight is 341 g/mol. The molecule has 1 saturated carbocycles. The van der Waals surface area contributed by atoms with Crippen LogP contribution >= 0.6 is 12.4 Å². The summed E-state index contributed by atoms with van der Waals surface area (Å²) >= 11 is 0. The SMILES string of the molecule is COC(=O)CCc1ccc(NC(=O)[C@@H]2CCC[C@@H]2CN)cc1.Cl. The number of nitrogens with two attached hydrogens (primary N) is 1. The summed E-state index contributed by atoms with van der Waals surface area (Å²) in [6.45, 7) is 0.574. The lowest BCUT2D eigenvalue weighted by Crippen LogP contribution is -2.29. The second kappa shape index (κ2) is 9.53. The Labute approximate surface area is 143 Å². The minimum atomic E-state index is -0.216. The maximum atomic E-state index is 12.3. The number of amides is 1. The van der Waals surface area contributed by atoms with E-state index in [-0.39, 0.29) is 30.2 Å². The Hall–Kier alpha value is -1.59. The van der Waals surface area contributed by atoms with Crippen LogP contribution in [-0.4, -0.2) is 25.5 Å². The maximum Gasteiger partial charge on any atom is 0.305 e. The van der Waals surface area contributed by atoms with E-state index in [9.17, 15) is 9.59 Å². The van der Waals surface area contributed by atoms with Crippen molar-refractivity contribution in [2.45, 2.75) is 32.1 Å². The van der Waals surface area contributed by atoms with Crippen LogP contribution in [0.2, 0.25) is 0 Å². The van der Waals surface area contributed by atoms with Crippen molar-refractivity contribution in [3.63, 3.8) is 0 Å². The highest BCUT2D eigenvalue weighted by Gasteiger charge is 2.31. The molecule has 1 fully saturated rings. The third-order valence-electron chi connectivity index (χ3n) is 4.37. The van der Waals surface area contributed by atoms with Gasteiger partial charge >= 0.3 is 5.97 Å². The van der Waals surface area contributed by atoms with E-state index in [2.05, 4.69) is 10.1 Å². The molecule has 23 heavy (non-hydrogen) atoms. The van der Waals surface area contributed by atoms with Gasteiger partial charge in [-0.3, -0.25) is 9.59 Å². The average Bonchev–Trinajstić information content (AvgIpc) is 3.02. The normalized spacial score (nSPS) is 19.7. The number of aryl methyl sites for hydroxylation is 1. The van der Waals surface area contributed by atoms with Crippen LogP contribution in [-0.2, 0) is 20.7 Å². The number of ether oxygens (including phenoxy) is 1. The van der Waals surface area contributed by atoms with Crippen LogP contribution in [0, 0.1) is 11.8 Å². The summed E-state index contributed by atoms with van der Waals surface area (Å²) in [7, 11) is 1.39. The molecule has 0 aromatic heterocycles. The number of benzene rings is 1. The molecule has 3 N–H and O–H groups in total. The highest BCUT2D eigenvalue weighted by molar-refractivity contribution is 5.92. The number of nitrogens with one attached hydrogen (secondary N) is 1. The van der Waals surface area contributed by atoms with E-state index in [1.165, 1.54) is 7.11 Å². The fourth-order valence-corrected chi connectivity index (χ4v) is 3.00. The molecule has 1 aliphatic carbocycles. The van der Waals surface area contributed by atoms with Crippen molar-refractivity contribution in [3.05, 3.63) is 29.8 Å². The maximum absolute atomic E-state index is 12.3. The summed E-state index contributed by atoms with van der Waals surface area (Å²) < 4.78 is 4.62. The first kappa shape index (κ1) is 19.5. The zero-order valence-corrected chi connectivity index (χ0v) is 14.2. The Balaban J connectivity index is 0.00000264. The number of hydrogen-bond donors (Lipinski definition) is 2. The van der Waals surface area contributed by atoms with Gasteiger partial charge in [0.05, 0.1) is 7.11 Å². The molecule has 5 nitrogen and oxygen atoms in total. The highest BCUT2D eigenvalue weighted by Crippen LogP contribution is 2.31. The van der Waals surface area contributed by atoms with Crippen LogP contribution < -0.4 is 11.1 Å². The molecule has 1 aliphatic rings. The molecule has 1 amide bonds. The second-order valence-electron chi connectivity index (χ2n) is 5.80. The number of methoxy groups -OCH3 is 1. The van der Waals surface area contributed by atoms with Crippen molar-refractivity contribution in [2.24, 2.45) is 17.6 Å². The number of carbonyl (C=O) groups excluding carboxylic acids is 2. The van der Waals surface area contributed by atoms with Gasteiger partial charge in [0.15, 0.2) is 0 Å². The van der Waals surface area contributed by atoms with Crippen molar-refractivity contribution in [3.8, 4) is 0 Å². The first-order valence-corrected chi connectivity index (χ1v) is 7.80. The standard InChI is InChI=1S/C17H24N2O3.ClH/c1-22-16(20)10-7-12-5-8-14(9-6-12)19-17(21)15-4-2-3-13(15)11-18;/h5-6,8-9,13,15H,2-4,7,10-11,18H2,1H3,(H,19,21);1H/t13-,15-;/m1./s1. The zero-order valence-electron chi connectivity index (χ0n) is 13.4. The molecule has 0 radical (unpaired) electrons. The van der Waals surface area contributed by atoms with E-state index in [4.69, 9.17) is 5.73 Å². The van der Waals surface area contributed by atoms with Gasteiger partial charge in [0.25, 0.3) is 0 Å². The Morgan fingerprint density at radius 1 is 1.26 bits per heavy atom. The Kier molecular flexibility index (Phi) is 8.06. The highest BCUT2D eigenvalue weighted by atomic mass is 35.5. The minimum Gasteiger partial charge on any atom is -0.469 e. The van der Waals surface area contributed by atoms with Crippen LogP contribution in [0.15, 0.2) is 24.3 Å². The third kappa shape index (κ3) is 5.52. The van der Waals surface area contributed by atoms with Crippen LogP contribution in [0.25, 0.3) is 0 Å². The van der Waals surface area contributed by atoms with Crippen LogP contribution in [0.3, 0.4) is 0 Å². The van der Waals surface area contributed by atoms with Gasteiger partial charge in [0.2, 0.25) is 5.91 Å². The summed E-state index contributed by atoms with van der Waals surface area (Å²) in [5.41, 5.74) is 7.56. The van der Waals surface area contributed by atoms with Gasteiger partial charge in [0.1, 0.15) is 0 Å². The lowest BCUT2D eigenvalue weighted by Gasteiger charge is -2.17. The molecule has 0 bridgehead atoms. The monoisotopic (exact) mass is 340 g/mol. The number of hydrogen-bond acceptors (Lipinski definition) is 4. The van der Waals surface area contributed by atoms with Crippen molar-refractivity contribution >= 4 is 30.0 Å². The lowest BCUT2D eigenvalue weighted by molar-refractivity contribution is -0.140. The number of anilines is 1. The predicted octanol–water partition coefficient (Wildman–Crippen LogP) is 2.53. The minimum absolute atomic E-state index is 0. The molecule has 1 aromatic rings. The first-order valence-electron chi connectivity index (χ1n) is 7.80. The number of esters is 1. The molecule has 0 unspecified atom stereocenters. The second-order valence-corrected chi connectivity index (χ2v) is 5.80. The fourth-order valence-electron chi connectivity index (χ4n) is 3.00. The Morgan fingerprint density at radius 2 is 1.96 bits per heavy atom. The third-order valence-corrected chi connectivity index (χ3v) is 4.37. The van der Waals surface area contributed by atoms with Crippen molar-refractivity contribution in [2.75, 3.05) is 19.0 Å². The smallest absolute Gasteiger partial charge is 0.305 e. The lowest BCUT2D eigenvalue weighted by atomic mass is 9.95. The van der Waals surface area contributed by atoms with Gasteiger partial charge in [0, 0.05) is 18.0 Å². The Bertz CT molecular complexity index is 519. The zero-order chi connectivity index (χ0) is 15.9. The summed E-state index contributed by atoms with van der Waals surface area (Å²) in [5.74, 6) is 0.185. The van der Waals surface area contributed by atoms with Gasteiger partial charge in [-0.2, -0.15) is 0 Å². The first-order chi connectivity index (χ1) is 10.6. The quantitative estimate of drug-likeness (QED) is 0.780. The van der Waals surface area contributed by atoms with Gasteiger partial charge in [-0.05, 0) is 49.4 Å². The molecule has 0 spiro atoms. The van der Waals surface area contributed by atoms with Gasteiger partial charge in [-0.1, -0.05) is 18.6 Å².